The van der Waals surface area contributed by atoms with E-state index in [4.69, 9.17) is 4.74 Å². The number of methoxy groups -OCH3 is 1. The Balaban J connectivity index is 1.70. The molecule has 0 spiro atoms. The normalized spacial score (nSPS) is 22.6. The van der Waals surface area contributed by atoms with Crippen LogP contribution in [0.2, 0.25) is 0 Å². The molecule has 0 bridgehead atoms. The predicted molar refractivity (Wildman–Crippen MR) is 77.9 cm³/mol. The molecule has 2 aliphatic rings. The van der Waals surface area contributed by atoms with Crippen LogP contribution in [0.5, 0.6) is 0 Å². The Hall–Kier alpha value is -1.88. The second-order valence-electron chi connectivity index (χ2n) is 5.79. The van der Waals surface area contributed by atoms with Gasteiger partial charge in [-0.15, -0.1) is 0 Å². The predicted octanol–water partition coefficient (Wildman–Crippen LogP) is 1.33. The molecule has 1 aliphatic heterocycles. The monoisotopic (exact) mass is 288 g/mol. The van der Waals surface area contributed by atoms with E-state index in [0.29, 0.717) is 5.56 Å². The van der Waals surface area contributed by atoms with Crippen LogP contribution < -0.4 is 10.6 Å². The van der Waals surface area contributed by atoms with Gasteiger partial charge in [0, 0.05) is 0 Å². The summed E-state index contributed by atoms with van der Waals surface area (Å²) in [5.41, 5.74) is 1.35. The van der Waals surface area contributed by atoms with E-state index in [1.54, 1.807) is 12.1 Å². The van der Waals surface area contributed by atoms with Crippen molar-refractivity contribution in [2.24, 2.45) is 0 Å². The highest BCUT2D eigenvalue weighted by molar-refractivity contribution is 5.89. The molecule has 1 heterocycles. The minimum atomic E-state index is -0.342. The van der Waals surface area contributed by atoms with Crippen LogP contribution in [0.1, 0.15) is 41.6 Å². The minimum absolute atomic E-state index is 0.0585. The molecule has 1 saturated carbocycles. The summed E-state index contributed by atoms with van der Waals surface area (Å²) in [5.74, 6) is -0.257. The van der Waals surface area contributed by atoms with Gasteiger partial charge in [0.15, 0.2) is 0 Å². The number of carbonyl (C=O) groups is 2. The highest BCUT2D eigenvalue weighted by atomic mass is 16.5. The first kappa shape index (κ1) is 14.1. The lowest BCUT2D eigenvalue weighted by Gasteiger charge is -2.21. The summed E-state index contributed by atoms with van der Waals surface area (Å²) in [6.07, 6.45) is 3.86. The van der Waals surface area contributed by atoms with Crippen molar-refractivity contribution in [3.63, 3.8) is 0 Å². The molecule has 1 atom stereocenters. The number of benzene rings is 1. The molecule has 1 unspecified atom stereocenters. The van der Waals surface area contributed by atoms with Gasteiger partial charge in [0.1, 0.15) is 0 Å². The quantitative estimate of drug-likeness (QED) is 0.820. The van der Waals surface area contributed by atoms with Crippen LogP contribution in [-0.2, 0) is 15.1 Å². The first-order valence-electron chi connectivity index (χ1n) is 7.39. The van der Waals surface area contributed by atoms with Crippen molar-refractivity contribution in [1.82, 2.24) is 10.6 Å². The van der Waals surface area contributed by atoms with Gasteiger partial charge in [0.25, 0.3) is 0 Å². The summed E-state index contributed by atoms with van der Waals surface area (Å²) in [7, 11) is 1.37. The third kappa shape index (κ3) is 2.78. The van der Waals surface area contributed by atoms with Crippen LogP contribution in [0.15, 0.2) is 24.3 Å². The molecule has 2 fully saturated rings. The molecular weight excluding hydrogens is 268 g/mol. The largest absolute Gasteiger partial charge is 0.465 e. The average molecular weight is 288 g/mol. The van der Waals surface area contributed by atoms with Crippen LogP contribution in [-0.4, -0.2) is 31.6 Å². The van der Waals surface area contributed by atoms with E-state index in [0.717, 1.165) is 37.8 Å². The average Bonchev–Trinajstić information content (AvgIpc) is 3.08. The third-order valence-electron chi connectivity index (χ3n) is 4.35. The fraction of sp³-hybridized carbons (Fsp3) is 0.500. The molecule has 1 amide bonds. The number of esters is 1. The number of hydrogen-bond acceptors (Lipinski definition) is 4. The molecule has 21 heavy (non-hydrogen) atoms. The van der Waals surface area contributed by atoms with Crippen molar-refractivity contribution >= 4 is 11.9 Å². The zero-order valence-corrected chi connectivity index (χ0v) is 12.1. The van der Waals surface area contributed by atoms with Gasteiger partial charge in [0.05, 0.1) is 24.3 Å². The van der Waals surface area contributed by atoms with E-state index in [-0.39, 0.29) is 23.5 Å². The van der Waals surface area contributed by atoms with E-state index in [1.165, 1.54) is 7.11 Å². The third-order valence-corrected chi connectivity index (χ3v) is 4.35. The standard InChI is InChI=1S/C16H20N2O3/c1-21-15(20)11-4-6-12(7-5-11)16(8-9-16)18-14(19)13-3-2-10-17-13/h4-7,13,17H,2-3,8-10H2,1H3,(H,18,19). The Morgan fingerprint density at radius 2 is 2.00 bits per heavy atom. The molecule has 1 aromatic carbocycles. The van der Waals surface area contributed by atoms with Crippen molar-refractivity contribution in [2.75, 3.05) is 13.7 Å². The molecule has 5 nitrogen and oxygen atoms in total. The summed E-state index contributed by atoms with van der Waals surface area (Å²) < 4.78 is 4.69. The van der Waals surface area contributed by atoms with E-state index in [1.807, 2.05) is 12.1 Å². The smallest absolute Gasteiger partial charge is 0.337 e. The topological polar surface area (TPSA) is 67.4 Å². The molecule has 112 valence electrons. The second kappa shape index (κ2) is 5.48. The summed E-state index contributed by atoms with van der Waals surface area (Å²) in [6.45, 7) is 0.916. The molecule has 0 aromatic heterocycles. The van der Waals surface area contributed by atoms with Gasteiger partial charge >= 0.3 is 5.97 Å². The minimum Gasteiger partial charge on any atom is -0.465 e. The maximum absolute atomic E-state index is 12.2. The number of carbonyl (C=O) groups excluding carboxylic acids is 2. The molecule has 1 aliphatic carbocycles. The van der Waals surface area contributed by atoms with E-state index in [9.17, 15) is 9.59 Å². The summed E-state index contributed by atoms with van der Waals surface area (Å²) in [4.78, 5) is 23.7. The van der Waals surface area contributed by atoms with Gasteiger partial charge in [-0.3, -0.25) is 4.79 Å². The van der Waals surface area contributed by atoms with Crippen molar-refractivity contribution in [2.45, 2.75) is 37.3 Å². The SMILES string of the molecule is COC(=O)c1ccc(C2(NC(=O)C3CCCN3)CC2)cc1. The number of ether oxygens (including phenoxy) is 1. The highest BCUT2D eigenvalue weighted by Crippen LogP contribution is 2.45. The van der Waals surface area contributed by atoms with Crippen molar-refractivity contribution in [3.05, 3.63) is 35.4 Å². The van der Waals surface area contributed by atoms with Gasteiger partial charge in [-0.25, -0.2) is 4.79 Å². The van der Waals surface area contributed by atoms with Crippen LogP contribution >= 0.6 is 0 Å². The van der Waals surface area contributed by atoms with Crippen LogP contribution in [0.25, 0.3) is 0 Å². The number of nitrogens with one attached hydrogen (secondary N) is 2. The first-order valence-corrected chi connectivity index (χ1v) is 7.39. The number of rotatable bonds is 4. The maximum atomic E-state index is 12.2. The Morgan fingerprint density at radius 3 is 2.52 bits per heavy atom. The summed E-state index contributed by atoms with van der Waals surface area (Å²) in [5, 5.41) is 6.39. The second-order valence-corrected chi connectivity index (χ2v) is 5.79. The van der Waals surface area contributed by atoms with Gasteiger partial charge in [0.2, 0.25) is 5.91 Å². The highest BCUT2D eigenvalue weighted by Gasteiger charge is 2.46. The van der Waals surface area contributed by atoms with Gasteiger partial charge in [-0.2, -0.15) is 0 Å². The lowest BCUT2D eigenvalue weighted by Crippen LogP contribution is -2.45. The molecule has 3 rings (SSSR count). The zero-order chi connectivity index (χ0) is 14.9. The van der Waals surface area contributed by atoms with Gasteiger partial charge in [-0.05, 0) is 49.9 Å². The van der Waals surface area contributed by atoms with Crippen molar-refractivity contribution < 1.29 is 14.3 Å². The molecule has 1 aromatic rings. The lowest BCUT2D eigenvalue weighted by atomic mass is 10.0. The van der Waals surface area contributed by atoms with Crippen molar-refractivity contribution in [1.29, 1.82) is 0 Å². The zero-order valence-electron chi connectivity index (χ0n) is 12.1. The Kier molecular flexibility index (Phi) is 3.68. The van der Waals surface area contributed by atoms with E-state index in [2.05, 4.69) is 10.6 Å². The van der Waals surface area contributed by atoms with Crippen LogP contribution in [0.4, 0.5) is 0 Å². The van der Waals surface area contributed by atoms with E-state index < -0.39 is 0 Å². The maximum Gasteiger partial charge on any atom is 0.337 e. The molecule has 0 radical (unpaired) electrons. The fourth-order valence-corrected chi connectivity index (χ4v) is 2.89. The Labute approximate surface area is 124 Å². The summed E-state index contributed by atoms with van der Waals surface area (Å²) in [6, 6.07) is 7.25. The Morgan fingerprint density at radius 1 is 1.29 bits per heavy atom. The molecule has 5 heteroatoms. The molecule has 1 saturated heterocycles. The summed E-state index contributed by atoms with van der Waals surface area (Å²) >= 11 is 0. The van der Waals surface area contributed by atoms with Gasteiger partial charge in [-0.1, -0.05) is 12.1 Å². The first-order chi connectivity index (χ1) is 10.1. The van der Waals surface area contributed by atoms with E-state index >= 15 is 0 Å². The fourth-order valence-electron chi connectivity index (χ4n) is 2.89. The van der Waals surface area contributed by atoms with Crippen molar-refractivity contribution in [3.8, 4) is 0 Å². The lowest BCUT2D eigenvalue weighted by molar-refractivity contribution is -0.123. The van der Waals surface area contributed by atoms with Crippen LogP contribution in [0, 0.1) is 0 Å². The number of amides is 1. The van der Waals surface area contributed by atoms with Gasteiger partial charge < -0.3 is 15.4 Å². The Bertz CT molecular complexity index is 543. The number of hydrogen-bond donors (Lipinski definition) is 2. The van der Waals surface area contributed by atoms with Crippen LogP contribution in [0.3, 0.4) is 0 Å². The molecule has 2 N–H and O–H groups in total. The molecular formula is C16H20N2O3.